The summed E-state index contributed by atoms with van der Waals surface area (Å²) < 4.78 is 9.59. The molecule has 1 heterocycles. The molecule has 78 valence electrons. The summed E-state index contributed by atoms with van der Waals surface area (Å²) in [7, 11) is 0. The number of oxazole rings is 1. The van der Waals surface area contributed by atoms with Gasteiger partial charge in [0.2, 0.25) is 0 Å². The second kappa shape index (κ2) is 4.13. The van der Waals surface area contributed by atoms with E-state index in [9.17, 15) is 9.59 Å². The zero-order valence-corrected chi connectivity index (χ0v) is 8.42. The third kappa shape index (κ3) is 2.04. The highest BCUT2D eigenvalue weighted by Gasteiger charge is 2.20. The van der Waals surface area contributed by atoms with Crippen LogP contribution in [0.5, 0.6) is 0 Å². The van der Waals surface area contributed by atoms with Gasteiger partial charge in [0.1, 0.15) is 5.76 Å². The third-order valence-electron chi connectivity index (χ3n) is 1.68. The zero-order valence-electron chi connectivity index (χ0n) is 8.42. The Hall–Kier alpha value is -1.52. The molecule has 0 aliphatic heterocycles. The number of carbonyl (C=O) groups is 1. The van der Waals surface area contributed by atoms with Crippen LogP contribution in [0, 0.1) is 0 Å². The fourth-order valence-electron chi connectivity index (χ4n) is 1.10. The number of nitrogens with one attached hydrogen (secondary N) is 1. The van der Waals surface area contributed by atoms with Crippen LogP contribution in [0.2, 0.25) is 0 Å². The van der Waals surface area contributed by atoms with E-state index in [1.54, 1.807) is 6.92 Å². The van der Waals surface area contributed by atoms with Crippen LogP contribution in [-0.4, -0.2) is 17.6 Å². The summed E-state index contributed by atoms with van der Waals surface area (Å²) in [6, 6.07) is 0. The maximum absolute atomic E-state index is 11.3. The van der Waals surface area contributed by atoms with Crippen LogP contribution < -0.4 is 5.76 Å². The first-order valence-corrected chi connectivity index (χ1v) is 4.46. The zero-order chi connectivity index (χ0) is 10.7. The fraction of sp³-hybridized carbons (Fsp3) is 0.556. The van der Waals surface area contributed by atoms with Crippen LogP contribution in [0.4, 0.5) is 0 Å². The molecule has 0 radical (unpaired) electrons. The molecule has 5 nitrogen and oxygen atoms in total. The minimum atomic E-state index is -0.628. The molecule has 0 bridgehead atoms. The number of rotatable bonds is 3. The monoisotopic (exact) mass is 199 g/mol. The molecule has 0 atom stereocenters. The van der Waals surface area contributed by atoms with E-state index < -0.39 is 11.7 Å². The number of aromatic amines is 1. The normalized spacial score (nSPS) is 10.6. The van der Waals surface area contributed by atoms with Gasteiger partial charge in [0, 0.05) is 5.92 Å². The molecule has 1 rings (SSSR count). The molecule has 0 amide bonds. The number of ether oxygens (including phenoxy) is 1. The van der Waals surface area contributed by atoms with Crippen molar-refractivity contribution in [3.05, 3.63) is 22.0 Å². The molecule has 1 aromatic rings. The lowest BCUT2D eigenvalue weighted by Crippen LogP contribution is -2.09. The molecule has 0 fully saturated rings. The van der Waals surface area contributed by atoms with Crippen molar-refractivity contribution in [1.29, 1.82) is 0 Å². The van der Waals surface area contributed by atoms with Gasteiger partial charge in [-0.3, -0.25) is 4.98 Å². The summed E-state index contributed by atoms with van der Waals surface area (Å²) in [5.74, 6) is -0.874. The van der Waals surface area contributed by atoms with Crippen molar-refractivity contribution >= 4 is 5.97 Å². The minimum Gasteiger partial charge on any atom is -0.461 e. The molecule has 1 aromatic heterocycles. The smallest absolute Gasteiger partial charge is 0.417 e. The Kier molecular flexibility index (Phi) is 3.11. The van der Waals surface area contributed by atoms with Crippen LogP contribution in [0.3, 0.4) is 0 Å². The molecule has 0 saturated carbocycles. The Morgan fingerprint density at radius 1 is 1.57 bits per heavy atom. The first-order chi connectivity index (χ1) is 6.56. The molecular formula is C9H13NO4. The lowest BCUT2D eigenvalue weighted by Gasteiger charge is -2.02. The molecule has 0 aliphatic carbocycles. The number of hydrogen-bond acceptors (Lipinski definition) is 4. The van der Waals surface area contributed by atoms with Gasteiger partial charge in [-0.15, -0.1) is 0 Å². The van der Waals surface area contributed by atoms with Gasteiger partial charge in [-0.2, -0.15) is 0 Å². The van der Waals surface area contributed by atoms with E-state index in [4.69, 9.17) is 9.15 Å². The summed E-state index contributed by atoms with van der Waals surface area (Å²) in [4.78, 5) is 24.5. The van der Waals surface area contributed by atoms with Crippen molar-refractivity contribution in [3.63, 3.8) is 0 Å². The quantitative estimate of drug-likeness (QED) is 0.744. The van der Waals surface area contributed by atoms with E-state index in [1.807, 2.05) is 13.8 Å². The van der Waals surface area contributed by atoms with Gasteiger partial charge in [0.25, 0.3) is 0 Å². The topological polar surface area (TPSA) is 72.3 Å². The second-order valence-corrected chi connectivity index (χ2v) is 3.13. The van der Waals surface area contributed by atoms with Crippen LogP contribution >= 0.6 is 0 Å². The van der Waals surface area contributed by atoms with E-state index in [0.717, 1.165) is 0 Å². The van der Waals surface area contributed by atoms with Gasteiger partial charge in [-0.1, -0.05) is 13.8 Å². The van der Waals surface area contributed by atoms with Gasteiger partial charge in [0.05, 0.1) is 6.61 Å². The molecule has 0 unspecified atom stereocenters. The summed E-state index contributed by atoms with van der Waals surface area (Å²) in [5.41, 5.74) is 0.117. The lowest BCUT2D eigenvalue weighted by molar-refractivity contribution is 0.0517. The van der Waals surface area contributed by atoms with E-state index >= 15 is 0 Å². The second-order valence-electron chi connectivity index (χ2n) is 3.13. The number of carbonyl (C=O) groups excluding carboxylic acids is 1. The first kappa shape index (κ1) is 10.6. The van der Waals surface area contributed by atoms with Crippen LogP contribution in [0.15, 0.2) is 9.21 Å². The highest BCUT2D eigenvalue weighted by Crippen LogP contribution is 2.16. The van der Waals surface area contributed by atoms with Gasteiger partial charge in [-0.25, -0.2) is 9.59 Å². The maximum atomic E-state index is 11.3. The molecule has 0 saturated heterocycles. The maximum Gasteiger partial charge on any atom is 0.417 e. The number of esters is 1. The van der Waals surface area contributed by atoms with E-state index in [2.05, 4.69) is 4.98 Å². The van der Waals surface area contributed by atoms with Crippen molar-refractivity contribution in [3.8, 4) is 0 Å². The van der Waals surface area contributed by atoms with Crippen molar-refractivity contribution in [2.24, 2.45) is 0 Å². The minimum absolute atomic E-state index is 0.0339. The van der Waals surface area contributed by atoms with Crippen molar-refractivity contribution < 1.29 is 13.9 Å². The molecule has 0 spiro atoms. The summed E-state index contributed by atoms with van der Waals surface area (Å²) in [5, 5.41) is 0. The van der Waals surface area contributed by atoms with Crippen LogP contribution in [0.1, 0.15) is 42.9 Å². The van der Waals surface area contributed by atoms with Crippen molar-refractivity contribution in [2.45, 2.75) is 26.7 Å². The number of H-pyrrole nitrogens is 1. The Morgan fingerprint density at radius 3 is 2.71 bits per heavy atom. The van der Waals surface area contributed by atoms with Gasteiger partial charge >= 0.3 is 11.7 Å². The van der Waals surface area contributed by atoms with Gasteiger partial charge in [0.15, 0.2) is 5.69 Å². The molecular weight excluding hydrogens is 186 g/mol. The molecule has 1 N–H and O–H groups in total. The third-order valence-corrected chi connectivity index (χ3v) is 1.68. The summed E-state index contributed by atoms with van der Waals surface area (Å²) >= 11 is 0. The SMILES string of the molecule is CCOC(=O)c1[nH]c(=O)oc1C(C)C. The standard InChI is InChI=1S/C9H13NO4/c1-4-13-8(11)6-7(5(2)3)14-9(12)10-6/h5H,4H2,1-3H3,(H,10,12). The predicted octanol–water partition coefficient (Wildman–Crippen LogP) is 1.27. The van der Waals surface area contributed by atoms with Gasteiger partial charge in [-0.05, 0) is 6.92 Å². The first-order valence-electron chi connectivity index (χ1n) is 4.46. The molecule has 5 heteroatoms. The van der Waals surface area contributed by atoms with E-state index in [-0.39, 0.29) is 18.2 Å². The molecule has 0 aliphatic rings. The average molecular weight is 199 g/mol. The number of aromatic nitrogens is 1. The Morgan fingerprint density at radius 2 is 2.21 bits per heavy atom. The Labute approximate surface area is 81.1 Å². The number of hydrogen-bond donors (Lipinski definition) is 1. The summed E-state index contributed by atoms with van der Waals surface area (Å²) in [6.07, 6.45) is 0. The van der Waals surface area contributed by atoms with Crippen molar-refractivity contribution in [1.82, 2.24) is 4.98 Å². The van der Waals surface area contributed by atoms with E-state index in [1.165, 1.54) is 0 Å². The van der Waals surface area contributed by atoms with E-state index in [0.29, 0.717) is 5.76 Å². The molecule has 14 heavy (non-hydrogen) atoms. The fourth-order valence-corrected chi connectivity index (χ4v) is 1.10. The van der Waals surface area contributed by atoms with Crippen LogP contribution in [-0.2, 0) is 4.74 Å². The predicted molar refractivity (Wildman–Crippen MR) is 49.4 cm³/mol. The lowest BCUT2D eigenvalue weighted by atomic mass is 10.1. The van der Waals surface area contributed by atoms with Crippen molar-refractivity contribution in [2.75, 3.05) is 6.61 Å². The highest BCUT2D eigenvalue weighted by molar-refractivity contribution is 5.88. The Balaban J connectivity index is 3.06. The Bertz CT molecular complexity index is 374. The largest absolute Gasteiger partial charge is 0.461 e. The highest BCUT2D eigenvalue weighted by atomic mass is 16.5. The molecule has 0 aromatic carbocycles. The van der Waals surface area contributed by atoms with Gasteiger partial charge < -0.3 is 9.15 Å². The average Bonchev–Trinajstić information content (AvgIpc) is 2.48. The summed E-state index contributed by atoms with van der Waals surface area (Å²) in [6.45, 7) is 5.62. The van der Waals surface area contributed by atoms with Crippen LogP contribution in [0.25, 0.3) is 0 Å².